The fraction of sp³-hybridized carbons (Fsp3) is 0.286. The number of thioether (sulfide) groups is 1. The molecule has 1 aliphatic rings. The number of carbonyl (C=O) groups is 1. The summed E-state index contributed by atoms with van der Waals surface area (Å²) in [5, 5.41) is 9.24. The Bertz CT molecular complexity index is 426. The zero-order valence-electron chi connectivity index (χ0n) is 6.56. The Hall–Kier alpha value is -1.30. The summed E-state index contributed by atoms with van der Waals surface area (Å²) in [6.07, 6.45) is 1.12. The maximum Gasteiger partial charge on any atom is 0.342 e. The van der Waals surface area contributed by atoms with Crippen molar-refractivity contribution in [1.82, 2.24) is 9.55 Å². The molecule has 13 heavy (non-hydrogen) atoms. The first kappa shape index (κ1) is 8.31. The summed E-state index contributed by atoms with van der Waals surface area (Å²) in [6, 6.07) is 0. The summed E-state index contributed by atoms with van der Waals surface area (Å²) in [5.74, 6) is -0.435. The standard InChI is InChI=1S/C7H6N2O3S/c10-5-4(6(11)12)3-8-7-9(5)1-2-13-7/h3H,1-2H2,(H,11,12). The van der Waals surface area contributed by atoms with Crippen molar-refractivity contribution in [3.05, 3.63) is 22.1 Å². The molecule has 0 unspecified atom stereocenters. The molecule has 68 valence electrons. The molecule has 6 heteroatoms. The number of aromatic carboxylic acids is 1. The normalized spacial score (nSPS) is 14.2. The van der Waals surface area contributed by atoms with E-state index in [9.17, 15) is 9.59 Å². The number of hydrogen-bond acceptors (Lipinski definition) is 4. The number of carboxylic acids is 1. The highest BCUT2D eigenvalue weighted by Gasteiger charge is 2.18. The SMILES string of the molecule is O=C(O)c1cnc2n(c1=O)CCS2. The average Bonchev–Trinajstić information content (AvgIpc) is 2.52. The third kappa shape index (κ3) is 1.23. The third-order valence-electron chi connectivity index (χ3n) is 1.79. The molecule has 0 spiro atoms. The first-order valence-electron chi connectivity index (χ1n) is 3.66. The molecule has 0 atom stereocenters. The van der Waals surface area contributed by atoms with Gasteiger partial charge in [-0.05, 0) is 0 Å². The molecule has 1 aromatic heterocycles. The van der Waals surface area contributed by atoms with Crippen molar-refractivity contribution < 1.29 is 9.90 Å². The lowest BCUT2D eigenvalue weighted by Crippen LogP contribution is -2.26. The molecule has 1 aliphatic heterocycles. The topological polar surface area (TPSA) is 72.2 Å². The monoisotopic (exact) mass is 198 g/mol. The van der Waals surface area contributed by atoms with Crippen LogP contribution < -0.4 is 5.56 Å². The summed E-state index contributed by atoms with van der Waals surface area (Å²) in [4.78, 5) is 25.9. The minimum atomic E-state index is -1.22. The average molecular weight is 198 g/mol. The van der Waals surface area contributed by atoms with Crippen molar-refractivity contribution >= 4 is 17.7 Å². The highest BCUT2D eigenvalue weighted by molar-refractivity contribution is 7.99. The molecule has 0 saturated carbocycles. The van der Waals surface area contributed by atoms with Gasteiger partial charge in [-0.3, -0.25) is 9.36 Å². The molecular weight excluding hydrogens is 192 g/mol. The second-order valence-corrected chi connectivity index (χ2v) is 3.63. The molecule has 2 heterocycles. The van der Waals surface area contributed by atoms with Crippen molar-refractivity contribution in [3.63, 3.8) is 0 Å². The van der Waals surface area contributed by atoms with Crippen LogP contribution in [-0.4, -0.2) is 26.4 Å². The van der Waals surface area contributed by atoms with Gasteiger partial charge in [0.25, 0.3) is 5.56 Å². The minimum absolute atomic E-state index is 0.258. The molecule has 0 aliphatic carbocycles. The van der Waals surface area contributed by atoms with Crippen molar-refractivity contribution in [1.29, 1.82) is 0 Å². The van der Waals surface area contributed by atoms with Gasteiger partial charge in [-0.1, -0.05) is 11.8 Å². The third-order valence-corrected chi connectivity index (χ3v) is 2.76. The van der Waals surface area contributed by atoms with E-state index < -0.39 is 11.5 Å². The fourth-order valence-electron chi connectivity index (χ4n) is 1.16. The van der Waals surface area contributed by atoms with Crippen molar-refractivity contribution in [2.24, 2.45) is 0 Å². The number of aromatic nitrogens is 2. The van der Waals surface area contributed by atoms with E-state index in [0.717, 1.165) is 11.9 Å². The number of rotatable bonds is 1. The van der Waals surface area contributed by atoms with Gasteiger partial charge in [-0.15, -0.1) is 0 Å². The molecule has 1 N–H and O–H groups in total. The summed E-state index contributed by atoms with van der Waals surface area (Å²) in [6.45, 7) is 0.549. The molecule has 0 saturated heterocycles. The molecule has 0 aromatic carbocycles. The lowest BCUT2D eigenvalue weighted by atomic mass is 10.3. The molecular formula is C7H6N2O3S. The maximum atomic E-state index is 11.4. The van der Waals surface area contributed by atoms with E-state index in [4.69, 9.17) is 5.11 Å². The minimum Gasteiger partial charge on any atom is -0.477 e. The predicted molar refractivity (Wildman–Crippen MR) is 46.2 cm³/mol. The largest absolute Gasteiger partial charge is 0.477 e. The molecule has 2 rings (SSSR count). The van der Waals surface area contributed by atoms with Crippen molar-refractivity contribution in [2.45, 2.75) is 11.7 Å². The van der Waals surface area contributed by atoms with Gasteiger partial charge in [0.15, 0.2) is 5.16 Å². The van der Waals surface area contributed by atoms with E-state index in [2.05, 4.69) is 4.98 Å². The van der Waals surface area contributed by atoms with E-state index in [-0.39, 0.29) is 5.56 Å². The van der Waals surface area contributed by atoms with Crippen LogP contribution >= 0.6 is 11.8 Å². The van der Waals surface area contributed by atoms with E-state index >= 15 is 0 Å². The second-order valence-electron chi connectivity index (χ2n) is 2.56. The Balaban J connectivity index is 2.66. The van der Waals surface area contributed by atoms with Crippen LogP contribution in [0.1, 0.15) is 10.4 Å². The molecule has 0 fully saturated rings. The Morgan fingerprint density at radius 3 is 3.15 bits per heavy atom. The van der Waals surface area contributed by atoms with Crippen LogP contribution in [0.15, 0.2) is 16.1 Å². The van der Waals surface area contributed by atoms with Crippen LogP contribution in [0.5, 0.6) is 0 Å². The lowest BCUT2D eigenvalue weighted by Gasteiger charge is -2.00. The van der Waals surface area contributed by atoms with E-state index in [1.807, 2.05) is 0 Å². The number of carboxylic acid groups (broad SMARTS) is 1. The number of hydrogen-bond donors (Lipinski definition) is 1. The van der Waals surface area contributed by atoms with Gasteiger partial charge in [0, 0.05) is 18.5 Å². The zero-order chi connectivity index (χ0) is 9.42. The zero-order valence-corrected chi connectivity index (χ0v) is 7.37. The van der Waals surface area contributed by atoms with E-state index in [1.165, 1.54) is 16.3 Å². The van der Waals surface area contributed by atoms with Gasteiger partial charge in [-0.2, -0.15) is 0 Å². The Morgan fingerprint density at radius 1 is 1.69 bits per heavy atom. The molecule has 0 radical (unpaired) electrons. The summed E-state index contributed by atoms with van der Waals surface area (Å²) in [7, 11) is 0. The van der Waals surface area contributed by atoms with E-state index in [0.29, 0.717) is 11.7 Å². The van der Waals surface area contributed by atoms with Crippen LogP contribution in [0.3, 0.4) is 0 Å². The maximum absolute atomic E-state index is 11.4. The van der Waals surface area contributed by atoms with Gasteiger partial charge in [-0.25, -0.2) is 9.78 Å². The molecule has 0 amide bonds. The quantitative estimate of drug-likeness (QED) is 0.645. The van der Waals surface area contributed by atoms with E-state index in [1.54, 1.807) is 0 Å². The van der Waals surface area contributed by atoms with Crippen LogP contribution in [-0.2, 0) is 6.54 Å². The Labute approximate surface area is 77.4 Å². The van der Waals surface area contributed by atoms with Crippen LogP contribution in [0, 0.1) is 0 Å². The van der Waals surface area contributed by atoms with Crippen molar-refractivity contribution in [3.8, 4) is 0 Å². The summed E-state index contributed by atoms with van der Waals surface area (Å²) >= 11 is 1.46. The molecule has 5 nitrogen and oxygen atoms in total. The smallest absolute Gasteiger partial charge is 0.342 e. The Kier molecular flexibility index (Phi) is 1.84. The van der Waals surface area contributed by atoms with Gasteiger partial charge in [0.2, 0.25) is 0 Å². The predicted octanol–water partition coefficient (Wildman–Crippen LogP) is 0.0472. The molecule has 1 aromatic rings. The van der Waals surface area contributed by atoms with Crippen LogP contribution in [0.25, 0.3) is 0 Å². The Morgan fingerprint density at radius 2 is 2.46 bits per heavy atom. The van der Waals surface area contributed by atoms with Gasteiger partial charge in [0.1, 0.15) is 5.56 Å². The summed E-state index contributed by atoms with van der Waals surface area (Å²) in [5.41, 5.74) is -0.714. The number of fused-ring (bicyclic) bond motifs is 1. The van der Waals surface area contributed by atoms with Gasteiger partial charge < -0.3 is 5.11 Å². The summed E-state index contributed by atoms with van der Waals surface area (Å²) < 4.78 is 1.40. The van der Waals surface area contributed by atoms with Gasteiger partial charge >= 0.3 is 5.97 Å². The van der Waals surface area contributed by atoms with Crippen LogP contribution in [0.4, 0.5) is 0 Å². The van der Waals surface area contributed by atoms with Gasteiger partial charge in [0.05, 0.1) is 0 Å². The first-order chi connectivity index (χ1) is 6.20. The van der Waals surface area contributed by atoms with Crippen LogP contribution in [0.2, 0.25) is 0 Å². The fourth-order valence-corrected chi connectivity index (χ4v) is 2.08. The highest BCUT2D eigenvalue weighted by atomic mass is 32.2. The highest BCUT2D eigenvalue weighted by Crippen LogP contribution is 2.20. The van der Waals surface area contributed by atoms with Crippen molar-refractivity contribution in [2.75, 3.05) is 5.75 Å². The molecule has 0 bridgehead atoms. The number of nitrogens with zero attached hydrogens (tertiary/aromatic N) is 2. The lowest BCUT2D eigenvalue weighted by molar-refractivity contribution is 0.0693. The first-order valence-corrected chi connectivity index (χ1v) is 4.64. The second kappa shape index (κ2) is 2.88.